The van der Waals surface area contributed by atoms with Crippen molar-refractivity contribution in [2.45, 2.75) is 27.7 Å². The largest absolute Gasteiger partial charge is 0.370 e. The summed E-state index contributed by atoms with van der Waals surface area (Å²) in [6, 6.07) is 0. The maximum Gasteiger partial charge on any atom is 0.201 e. The Morgan fingerprint density at radius 2 is 1.76 bits per heavy atom. The van der Waals surface area contributed by atoms with Crippen LogP contribution >= 0.6 is 11.3 Å². The number of fused-ring (bicyclic) bond motifs is 1. The third kappa shape index (κ3) is 2.47. The van der Waals surface area contributed by atoms with Gasteiger partial charge in [-0.25, -0.2) is 19.9 Å². The number of aromatic nitrogens is 4. The Labute approximate surface area is 127 Å². The number of nitrogens with zero attached hydrogens (tertiary/aromatic N) is 4. The van der Waals surface area contributed by atoms with Gasteiger partial charge in [-0.15, -0.1) is 11.3 Å². The Morgan fingerprint density at radius 3 is 2.43 bits per heavy atom. The summed E-state index contributed by atoms with van der Waals surface area (Å²) < 4.78 is 0. The maximum absolute atomic E-state index is 4.64. The van der Waals surface area contributed by atoms with E-state index in [1.807, 2.05) is 6.92 Å². The van der Waals surface area contributed by atoms with Crippen molar-refractivity contribution in [3.05, 3.63) is 28.4 Å². The summed E-state index contributed by atoms with van der Waals surface area (Å²) in [5.74, 6) is 1.99. The highest BCUT2D eigenvalue weighted by atomic mass is 32.1. The normalized spacial score (nSPS) is 11.0. The van der Waals surface area contributed by atoms with Crippen LogP contribution in [0.15, 0.2) is 12.4 Å². The van der Waals surface area contributed by atoms with Crippen LogP contribution in [-0.2, 0) is 0 Å². The van der Waals surface area contributed by atoms with Crippen molar-refractivity contribution < 1.29 is 0 Å². The van der Waals surface area contributed by atoms with E-state index in [0.29, 0.717) is 11.6 Å². The van der Waals surface area contributed by atoms with Crippen LogP contribution in [0.3, 0.4) is 0 Å². The molecule has 0 saturated carbocycles. The summed E-state index contributed by atoms with van der Waals surface area (Å²) in [4.78, 5) is 20.2. The van der Waals surface area contributed by atoms with Crippen molar-refractivity contribution in [1.82, 2.24) is 19.9 Å². The second-order valence-corrected chi connectivity index (χ2v) is 6.18. The number of aryl methyl sites for hydroxylation is 3. The standard InChI is InChI=1S/C15H17N5S/c1-5-16-12-11-9(3)10(4)21-15(11)20-14(19-12)13-17-6-8(2)7-18-13/h6-7H,5H2,1-4H3,(H,16,19,20). The van der Waals surface area contributed by atoms with Gasteiger partial charge in [-0.05, 0) is 38.8 Å². The summed E-state index contributed by atoms with van der Waals surface area (Å²) >= 11 is 1.68. The Balaban J connectivity index is 2.23. The van der Waals surface area contributed by atoms with Gasteiger partial charge in [0.05, 0.1) is 5.39 Å². The van der Waals surface area contributed by atoms with E-state index in [9.17, 15) is 0 Å². The number of hydrogen-bond donors (Lipinski definition) is 1. The van der Waals surface area contributed by atoms with E-state index in [-0.39, 0.29) is 0 Å². The lowest BCUT2D eigenvalue weighted by Gasteiger charge is -2.07. The molecule has 6 heteroatoms. The summed E-state index contributed by atoms with van der Waals surface area (Å²) in [6.45, 7) is 9.06. The quantitative estimate of drug-likeness (QED) is 0.802. The van der Waals surface area contributed by atoms with Gasteiger partial charge in [0.2, 0.25) is 5.82 Å². The van der Waals surface area contributed by atoms with Crippen LogP contribution < -0.4 is 5.32 Å². The van der Waals surface area contributed by atoms with E-state index in [1.165, 1.54) is 10.4 Å². The lowest BCUT2D eigenvalue weighted by Crippen LogP contribution is -2.03. The smallest absolute Gasteiger partial charge is 0.201 e. The van der Waals surface area contributed by atoms with E-state index in [0.717, 1.165) is 28.1 Å². The number of rotatable bonds is 3. The average molecular weight is 299 g/mol. The van der Waals surface area contributed by atoms with E-state index >= 15 is 0 Å². The Kier molecular flexibility index (Phi) is 3.55. The zero-order chi connectivity index (χ0) is 15.0. The van der Waals surface area contributed by atoms with Crippen molar-refractivity contribution >= 4 is 27.4 Å². The van der Waals surface area contributed by atoms with Crippen molar-refractivity contribution in [2.75, 3.05) is 11.9 Å². The third-order valence-corrected chi connectivity index (χ3v) is 4.45. The molecule has 0 aliphatic rings. The Bertz CT molecular complexity index is 792. The molecule has 1 N–H and O–H groups in total. The van der Waals surface area contributed by atoms with Crippen LogP contribution in [0.1, 0.15) is 22.9 Å². The number of hydrogen-bond acceptors (Lipinski definition) is 6. The molecule has 3 aromatic heterocycles. The van der Waals surface area contributed by atoms with Gasteiger partial charge in [0.1, 0.15) is 10.6 Å². The van der Waals surface area contributed by atoms with Crippen LogP contribution in [0.4, 0.5) is 5.82 Å². The first kappa shape index (κ1) is 13.9. The van der Waals surface area contributed by atoms with Gasteiger partial charge < -0.3 is 5.32 Å². The van der Waals surface area contributed by atoms with Crippen LogP contribution in [-0.4, -0.2) is 26.5 Å². The predicted octanol–water partition coefficient (Wildman–Crippen LogP) is 3.51. The highest BCUT2D eigenvalue weighted by molar-refractivity contribution is 7.18. The fourth-order valence-electron chi connectivity index (χ4n) is 2.15. The molecule has 0 saturated heterocycles. The minimum absolute atomic E-state index is 0.561. The molecule has 0 radical (unpaired) electrons. The summed E-state index contributed by atoms with van der Waals surface area (Å²) in [5, 5.41) is 4.43. The molecule has 0 atom stereocenters. The molecule has 0 aromatic carbocycles. The summed E-state index contributed by atoms with van der Waals surface area (Å²) in [7, 11) is 0. The zero-order valence-corrected chi connectivity index (χ0v) is 13.4. The minimum atomic E-state index is 0.561. The van der Waals surface area contributed by atoms with Gasteiger partial charge in [-0.3, -0.25) is 0 Å². The molecule has 0 bridgehead atoms. The fraction of sp³-hybridized carbons (Fsp3) is 0.333. The molecule has 0 fully saturated rings. The van der Waals surface area contributed by atoms with E-state index in [4.69, 9.17) is 0 Å². The van der Waals surface area contributed by atoms with Gasteiger partial charge in [0.25, 0.3) is 0 Å². The molecular formula is C15H17N5S. The molecule has 3 heterocycles. The van der Waals surface area contributed by atoms with Crippen LogP contribution in [0, 0.1) is 20.8 Å². The van der Waals surface area contributed by atoms with Crippen LogP contribution in [0.25, 0.3) is 21.9 Å². The SMILES string of the molecule is CCNc1nc(-c2ncc(C)cn2)nc2sc(C)c(C)c12. The molecule has 0 amide bonds. The average Bonchev–Trinajstić information content (AvgIpc) is 2.75. The van der Waals surface area contributed by atoms with Crippen molar-refractivity contribution in [3.8, 4) is 11.6 Å². The topological polar surface area (TPSA) is 63.6 Å². The summed E-state index contributed by atoms with van der Waals surface area (Å²) in [5.41, 5.74) is 2.26. The first-order chi connectivity index (χ1) is 10.1. The maximum atomic E-state index is 4.64. The lowest BCUT2D eigenvalue weighted by molar-refractivity contribution is 1.07. The van der Waals surface area contributed by atoms with Crippen LogP contribution in [0.5, 0.6) is 0 Å². The molecule has 0 aliphatic heterocycles. The fourth-order valence-corrected chi connectivity index (χ4v) is 3.18. The van der Waals surface area contributed by atoms with Crippen molar-refractivity contribution in [2.24, 2.45) is 0 Å². The number of nitrogens with one attached hydrogen (secondary N) is 1. The molecule has 21 heavy (non-hydrogen) atoms. The minimum Gasteiger partial charge on any atom is -0.370 e. The molecule has 108 valence electrons. The monoisotopic (exact) mass is 299 g/mol. The lowest BCUT2D eigenvalue weighted by atomic mass is 10.2. The molecule has 0 aliphatic carbocycles. The van der Waals surface area contributed by atoms with E-state index in [1.54, 1.807) is 23.7 Å². The molecule has 3 rings (SSSR count). The van der Waals surface area contributed by atoms with E-state index in [2.05, 4.69) is 46.0 Å². The highest BCUT2D eigenvalue weighted by Crippen LogP contribution is 2.34. The zero-order valence-electron chi connectivity index (χ0n) is 12.6. The molecule has 3 aromatic rings. The summed E-state index contributed by atoms with van der Waals surface area (Å²) in [6.07, 6.45) is 3.57. The number of thiophene rings is 1. The van der Waals surface area contributed by atoms with Crippen LogP contribution in [0.2, 0.25) is 0 Å². The van der Waals surface area contributed by atoms with Gasteiger partial charge in [-0.2, -0.15) is 0 Å². The van der Waals surface area contributed by atoms with E-state index < -0.39 is 0 Å². The predicted molar refractivity (Wildman–Crippen MR) is 86.8 cm³/mol. The van der Waals surface area contributed by atoms with Crippen molar-refractivity contribution in [3.63, 3.8) is 0 Å². The first-order valence-electron chi connectivity index (χ1n) is 6.90. The molecular weight excluding hydrogens is 282 g/mol. The third-order valence-electron chi connectivity index (χ3n) is 3.35. The first-order valence-corrected chi connectivity index (χ1v) is 7.72. The Hall–Kier alpha value is -2.08. The van der Waals surface area contributed by atoms with Gasteiger partial charge in [-0.1, -0.05) is 0 Å². The number of anilines is 1. The second-order valence-electron chi connectivity index (χ2n) is 4.97. The molecule has 5 nitrogen and oxygen atoms in total. The van der Waals surface area contributed by atoms with Gasteiger partial charge in [0, 0.05) is 23.8 Å². The second kappa shape index (κ2) is 5.37. The van der Waals surface area contributed by atoms with Gasteiger partial charge in [0.15, 0.2) is 5.82 Å². The highest BCUT2D eigenvalue weighted by Gasteiger charge is 2.16. The Morgan fingerprint density at radius 1 is 1.05 bits per heavy atom. The van der Waals surface area contributed by atoms with Gasteiger partial charge >= 0.3 is 0 Å². The molecule has 0 spiro atoms. The molecule has 0 unspecified atom stereocenters. The van der Waals surface area contributed by atoms with Crippen molar-refractivity contribution in [1.29, 1.82) is 0 Å².